The van der Waals surface area contributed by atoms with Crippen molar-refractivity contribution in [3.05, 3.63) is 29.8 Å². The largest absolute Gasteiger partial charge is 0.469 e. The highest BCUT2D eigenvalue weighted by Crippen LogP contribution is 2.12. The first-order valence-electron chi connectivity index (χ1n) is 6.42. The van der Waals surface area contributed by atoms with E-state index in [1.165, 1.54) is 7.11 Å². The van der Waals surface area contributed by atoms with Crippen molar-refractivity contribution in [3.63, 3.8) is 0 Å². The number of hydrogen-bond acceptors (Lipinski definition) is 4. The third-order valence-electron chi connectivity index (χ3n) is 2.71. The maximum absolute atomic E-state index is 13.0. The Morgan fingerprint density at radius 2 is 1.82 bits per heavy atom. The Bertz CT molecular complexity index is 495. The molecule has 1 rings (SSSR count). The van der Waals surface area contributed by atoms with Crippen LogP contribution in [0, 0.1) is 11.6 Å². The molecule has 0 saturated carbocycles. The van der Waals surface area contributed by atoms with Crippen LogP contribution in [0.5, 0.6) is 0 Å². The monoisotopic (exact) mass is 336 g/mol. The molecule has 0 aliphatic rings. The Labute approximate surface area is 134 Å². The van der Waals surface area contributed by atoms with Crippen molar-refractivity contribution in [2.45, 2.75) is 12.8 Å². The number of carbonyl (C=O) groups is 2. The lowest BCUT2D eigenvalue weighted by molar-refractivity contribution is -0.140. The van der Waals surface area contributed by atoms with E-state index >= 15 is 0 Å². The van der Waals surface area contributed by atoms with Gasteiger partial charge in [0, 0.05) is 18.2 Å². The molecule has 1 N–H and O–H groups in total. The average Bonchev–Trinajstić information content (AvgIpc) is 2.36. The summed E-state index contributed by atoms with van der Waals surface area (Å²) in [7, 11) is 3.03. The number of carbonyl (C=O) groups excluding carboxylic acids is 2. The highest BCUT2D eigenvalue weighted by Gasteiger charge is 2.09. The summed E-state index contributed by atoms with van der Waals surface area (Å²) in [6, 6.07) is 2.81. The van der Waals surface area contributed by atoms with E-state index in [4.69, 9.17) is 0 Å². The van der Waals surface area contributed by atoms with Crippen LogP contribution in [-0.2, 0) is 14.3 Å². The number of amides is 1. The minimum atomic E-state index is -0.753. The summed E-state index contributed by atoms with van der Waals surface area (Å²) in [4.78, 5) is 24.3. The number of benzene rings is 1. The van der Waals surface area contributed by atoms with E-state index in [1.54, 1.807) is 11.9 Å². The second-order valence-corrected chi connectivity index (χ2v) is 4.62. The van der Waals surface area contributed by atoms with E-state index in [0.29, 0.717) is 13.0 Å². The van der Waals surface area contributed by atoms with Gasteiger partial charge >= 0.3 is 5.97 Å². The van der Waals surface area contributed by atoms with Gasteiger partial charge in [0.2, 0.25) is 5.91 Å². The fraction of sp³-hybridized carbons (Fsp3) is 0.429. The molecule has 0 saturated heterocycles. The van der Waals surface area contributed by atoms with Crippen molar-refractivity contribution in [2.24, 2.45) is 0 Å². The molecule has 1 amide bonds. The van der Waals surface area contributed by atoms with Crippen molar-refractivity contribution in [2.75, 3.05) is 32.6 Å². The molecule has 0 radical (unpaired) electrons. The van der Waals surface area contributed by atoms with Crippen LogP contribution in [0.1, 0.15) is 12.8 Å². The van der Waals surface area contributed by atoms with Gasteiger partial charge in [-0.15, -0.1) is 12.4 Å². The lowest BCUT2D eigenvalue weighted by Crippen LogP contribution is -2.31. The van der Waals surface area contributed by atoms with Crippen LogP contribution in [0.4, 0.5) is 14.5 Å². The van der Waals surface area contributed by atoms with E-state index in [9.17, 15) is 18.4 Å². The molecule has 22 heavy (non-hydrogen) atoms. The number of methoxy groups -OCH3 is 1. The van der Waals surface area contributed by atoms with Crippen molar-refractivity contribution in [3.8, 4) is 0 Å². The number of rotatable bonds is 7. The van der Waals surface area contributed by atoms with E-state index in [-0.39, 0.29) is 42.9 Å². The Hall–Kier alpha value is -1.73. The molecule has 0 aliphatic carbocycles. The first kappa shape index (κ1) is 20.3. The number of likely N-dealkylation sites (N-methyl/N-ethyl adjacent to an activating group) is 1. The Morgan fingerprint density at radius 1 is 1.23 bits per heavy atom. The number of ether oxygens (including phenoxy) is 1. The van der Waals surface area contributed by atoms with Gasteiger partial charge in [-0.25, -0.2) is 8.78 Å². The predicted molar refractivity (Wildman–Crippen MR) is 81.0 cm³/mol. The predicted octanol–water partition coefficient (Wildman–Crippen LogP) is 2.21. The number of nitrogens with one attached hydrogen (secondary N) is 1. The molecule has 0 heterocycles. The van der Waals surface area contributed by atoms with Gasteiger partial charge < -0.3 is 10.1 Å². The van der Waals surface area contributed by atoms with E-state index < -0.39 is 11.6 Å². The summed E-state index contributed by atoms with van der Waals surface area (Å²) in [5, 5.41) is 2.41. The average molecular weight is 337 g/mol. The van der Waals surface area contributed by atoms with E-state index in [0.717, 1.165) is 18.2 Å². The van der Waals surface area contributed by atoms with Crippen LogP contribution in [0.15, 0.2) is 18.2 Å². The SMILES string of the molecule is COC(=O)CCCN(C)CC(=O)Nc1cc(F)cc(F)c1.Cl. The fourth-order valence-corrected chi connectivity index (χ4v) is 1.75. The normalized spacial score (nSPS) is 10.0. The van der Waals surface area contributed by atoms with Crippen molar-refractivity contribution < 1.29 is 23.1 Å². The third kappa shape index (κ3) is 7.90. The number of nitrogens with zero attached hydrogens (tertiary/aromatic N) is 1. The summed E-state index contributed by atoms with van der Waals surface area (Å²) in [6.45, 7) is 0.583. The summed E-state index contributed by atoms with van der Waals surface area (Å²) in [6.07, 6.45) is 0.836. The lowest BCUT2D eigenvalue weighted by Gasteiger charge is -2.15. The van der Waals surface area contributed by atoms with Gasteiger partial charge in [0.05, 0.1) is 13.7 Å². The Balaban J connectivity index is 0.00000441. The number of halogens is 3. The molecule has 124 valence electrons. The standard InChI is InChI=1S/C14H18F2N2O3.ClH/c1-18(5-3-4-14(20)21-2)9-13(19)17-12-7-10(15)6-11(16)8-12;/h6-8H,3-5,9H2,1-2H3,(H,17,19);1H. The van der Waals surface area contributed by atoms with Gasteiger partial charge in [0.1, 0.15) is 11.6 Å². The second kappa shape index (κ2) is 10.1. The second-order valence-electron chi connectivity index (χ2n) is 4.62. The summed E-state index contributed by atoms with van der Waals surface area (Å²) < 4.78 is 30.4. The number of anilines is 1. The maximum atomic E-state index is 13.0. The summed E-state index contributed by atoms with van der Waals surface area (Å²) in [5.74, 6) is -2.20. The van der Waals surface area contributed by atoms with Gasteiger partial charge in [-0.05, 0) is 32.1 Å². The molecule has 8 heteroatoms. The maximum Gasteiger partial charge on any atom is 0.305 e. The summed E-state index contributed by atoms with van der Waals surface area (Å²) >= 11 is 0. The molecule has 5 nitrogen and oxygen atoms in total. The molecule has 0 fully saturated rings. The highest BCUT2D eigenvalue weighted by molar-refractivity contribution is 5.92. The molecule has 0 aliphatic heterocycles. The molecular weight excluding hydrogens is 318 g/mol. The van der Waals surface area contributed by atoms with Gasteiger partial charge in [0.25, 0.3) is 0 Å². The minimum absolute atomic E-state index is 0. The molecule has 0 aromatic heterocycles. The van der Waals surface area contributed by atoms with Crippen LogP contribution in [0.3, 0.4) is 0 Å². The molecule has 0 unspecified atom stereocenters. The van der Waals surface area contributed by atoms with Crippen molar-refractivity contribution >= 4 is 30.0 Å². The van der Waals surface area contributed by atoms with Crippen molar-refractivity contribution in [1.82, 2.24) is 4.90 Å². The third-order valence-corrected chi connectivity index (χ3v) is 2.71. The molecule has 0 bridgehead atoms. The molecule has 1 aromatic carbocycles. The topological polar surface area (TPSA) is 58.6 Å². The summed E-state index contributed by atoms with van der Waals surface area (Å²) in [5.41, 5.74) is 0.0699. The quantitative estimate of drug-likeness (QED) is 0.776. The van der Waals surface area contributed by atoms with Gasteiger partial charge in [-0.2, -0.15) is 0 Å². The Morgan fingerprint density at radius 3 is 2.36 bits per heavy atom. The van der Waals surface area contributed by atoms with Crippen LogP contribution in [0.2, 0.25) is 0 Å². The molecule has 0 atom stereocenters. The fourth-order valence-electron chi connectivity index (χ4n) is 1.75. The molecular formula is C14H19ClF2N2O3. The van der Waals surface area contributed by atoms with Gasteiger partial charge in [-0.3, -0.25) is 14.5 Å². The zero-order valence-corrected chi connectivity index (χ0v) is 13.2. The van der Waals surface area contributed by atoms with E-state index in [1.807, 2.05) is 0 Å². The van der Waals surface area contributed by atoms with Gasteiger partial charge in [0.15, 0.2) is 0 Å². The minimum Gasteiger partial charge on any atom is -0.469 e. The number of hydrogen-bond donors (Lipinski definition) is 1. The lowest BCUT2D eigenvalue weighted by atomic mass is 10.3. The molecule has 1 aromatic rings. The Kier molecular flexibility index (Phi) is 9.28. The van der Waals surface area contributed by atoms with E-state index in [2.05, 4.69) is 10.1 Å². The zero-order valence-electron chi connectivity index (χ0n) is 12.4. The smallest absolute Gasteiger partial charge is 0.305 e. The number of esters is 1. The van der Waals surface area contributed by atoms with Crippen molar-refractivity contribution in [1.29, 1.82) is 0 Å². The van der Waals surface area contributed by atoms with Crippen LogP contribution in [0.25, 0.3) is 0 Å². The molecule has 0 spiro atoms. The first-order chi connectivity index (χ1) is 9.90. The zero-order chi connectivity index (χ0) is 15.8. The first-order valence-corrected chi connectivity index (χ1v) is 6.42. The van der Waals surface area contributed by atoms with Crippen LogP contribution in [-0.4, -0.2) is 44.0 Å². The van der Waals surface area contributed by atoms with Crippen LogP contribution >= 0.6 is 12.4 Å². The van der Waals surface area contributed by atoms with Gasteiger partial charge in [-0.1, -0.05) is 0 Å². The van der Waals surface area contributed by atoms with Crippen LogP contribution < -0.4 is 5.32 Å². The highest BCUT2D eigenvalue weighted by atomic mass is 35.5.